The summed E-state index contributed by atoms with van der Waals surface area (Å²) in [7, 11) is 0. The highest BCUT2D eigenvalue weighted by Crippen LogP contribution is 2.44. The first kappa shape index (κ1) is 18.9. The van der Waals surface area contributed by atoms with Gasteiger partial charge < -0.3 is 18.5 Å². The lowest BCUT2D eigenvalue weighted by Gasteiger charge is -2.18. The highest BCUT2D eigenvalue weighted by Gasteiger charge is 2.46. The van der Waals surface area contributed by atoms with Crippen LogP contribution in [0.2, 0.25) is 0 Å². The van der Waals surface area contributed by atoms with Gasteiger partial charge in [-0.05, 0) is 42.5 Å². The van der Waals surface area contributed by atoms with Crippen molar-refractivity contribution in [3.05, 3.63) is 86.0 Å². The highest BCUT2D eigenvalue weighted by molar-refractivity contribution is 5.89. The van der Waals surface area contributed by atoms with E-state index in [9.17, 15) is 14.4 Å². The fourth-order valence-electron chi connectivity index (χ4n) is 5.02. The lowest BCUT2D eigenvalue weighted by atomic mass is 9.88. The quantitative estimate of drug-likeness (QED) is 0.367. The number of carbonyl (C=O) groups is 1. The van der Waals surface area contributed by atoms with Gasteiger partial charge in [0.25, 0.3) is 5.56 Å². The Morgan fingerprint density at radius 1 is 1.16 bits per heavy atom. The number of benzene rings is 2. The Morgan fingerprint density at radius 2 is 2.00 bits per heavy atom. The normalized spacial score (nSPS) is 18.7. The molecule has 0 amide bonds. The molecule has 0 aliphatic carbocycles. The molecule has 0 saturated heterocycles. The van der Waals surface area contributed by atoms with Crippen LogP contribution in [0.25, 0.3) is 21.9 Å². The van der Waals surface area contributed by atoms with Crippen LogP contribution in [0.5, 0.6) is 5.75 Å². The van der Waals surface area contributed by atoms with Crippen LogP contribution in [0.15, 0.2) is 62.5 Å². The van der Waals surface area contributed by atoms with E-state index in [2.05, 4.69) is 0 Å². The Balaban J connectivity index is 1.66. The fraction of sp³-hybridized carbons (Fsp3) is 0.240. The molecule has 2 aromatic carbocycles. The molecule has 2 atom stereocenters. The molecule has 7 nitrogen and oxygen atoms in total. The Hall–Kier alpha value is -3.87. The molecular formula is C25H19NO6. The summed E-state index contributed by atoms with van der Waals surface area (Å²) in [4.78, 5) is 39.5. The summed E-state index contributed by atoms with van der Waals surface area (Å²) >= 11 is 0. The number of hydrogen-bond acceptors (Lipinski definition) is 6. The van der Waals surface area contributed by atoms with Crippen LogP contribution >= 0.6 is 0 Å². The van der Waals surface area contributed by atoms with E-state index < -0.39 is 23.6 Å². The number of esters is 1. The minimum Gasteiger partial charge on any atom is -0.476 e. The van der Waals surface area contributed by atoms with Crippen molar-refractivity contribution in [3.63, 3.8) is 0 Å². The fourth-order valence-corrected chi connectivity index (χ4v) is 5.02. The number of aryl methyl sites for hydroxylation is 2. The second kappa shape index (κ2) is 6.82. The van der Waals surface area contributed by atoms with Gasteiger partial charge >= 0.3 is 11.6 Å². The Kier molecular flexibility index (Phi) is 4.02. The molecule has 2 aliphatic heterocycles. The van der Waals surface area contributed by atoms with E-state index in [0.29, 0.717) is 23.1 Å². The average molecular weight is 429 g/mol. The highest BCUT2D eigenvalue weighted by atomic mass is 16.6. The van der Waals surface area contributed by atoms with Crippen LogP contribution in [-0.2, 0) is 22.5 Å². The van der Waals surface area contributed by atoms with E-state index in [1.807, 2.05) is 18.2 Å². The molecule has 2 aliphatic rings. The van der Waals surface area contributed by atoms with E-state index in [1.54, 1.807) is 41.8 Å². The predicted octanol–water partition coefficient (Wildman–Crippen LogP) is 3.12. The molecule has 4 heterocycles. The van der Waals surface area contributed by atoms with Crippen LogP contribution in [0.3, 0.4) is 0 Å². The molecule has 0 bridgehead atoms. The smallest absolute Gasteiger partial charge is 0.348 e. The summed E-state index contributed by atoms with van der Waals surface area (Å²) in [5.41, 5.74) is 2.03. The van der Waals surface area contributed by atoms with Crippen molar-refractivity contribution < 1.29 is 18.7 Å². The van der Waals surface area contributed by atoms with Crippen LogP contribution in [-0.4, -0.2) is 23.2 Å². The van der Waals surface area contributed by atoms with Crippen molar-refractivity contribution in [3.8, 4) is 5.75 Å². The van der Waals surface area contributed by atoms with Gasteiger partial charge in [0.2, 0.25) is 6.10 Å². The van der Waals surface area contributed by atoms with Gasteiger partial charge in [-0.15, -0.1) is 0 Å². The maximum Gasteiger partial charge on any atom is 0.348 e. The minimum atomic E-state index is -1.15. The van der Waals surface area contributed by atoms with Gasteiger partial charge in [0.15, 0.2) is 0 Å². The maximum atomic E-state index is 13.6. The van der Waals surface area contributed by atoms with Gasteiger partial charge in [-0.3, -0.25) is 4.79 Å². The van der Waals surface area contributed by atoms with E-state index in [4.69, 9.17) is 13.9 Å². The molecule has 32 heavy (non-hydrogen) atoms. The Morgan fingerprint density at radius 3 is 2.84 bits per heavy atom. The lowest BCUT2D eigenvalue weighted by molar-refractivity contribution is -0.151. The number of rotatable bonds is 3. The Labute approximate surface area is 181 Å². The second-order valence-corrected chi connectivity index (χ2v) is 8.06. The van der Waals surface area contributed by atoms with Crippen LogP contribution in [0, 0.1) is 0 Å². The number of pyridine rings is 1. The molecule has 0 unspecified atom stereocenters. The first-order chi connectivity index (χ1) is 15.6. The number of ether oxygens (including phenoxy) is 2. The minimum absolute atomic E-state index is 0.155. The first-order valence-corrected chi connectivity index (χ1v) is 10.6. The number of aromatic nitrogens is 1. The van der Waals surface area contributed by atoms with Crippen molar-refractivity contribution in [1.82, 2.24) is 4.57 Å². The van der Waals surface area contributed by atoms with Gasteiger partial charge in [0, 0.05) is 12.1 Å². The molecule has 6 rings (SSSR count). The topological polar surface area (TPSA) is 87.7 Å². The summed E-state index contributed by atoms with van der Waals surface area (Å²) in [5, 5.41) is 1.46. The monoisotopic (exact) mass is 429 g/mol. The molecule has 4 aromatic rings. The zero-order valence-corrected chi connectivity index (χ0v) is 17.3. The zero-order valence-electron chi connectivity index (χ0n) is 17.3. The van der Waals surface area contributed by atoms with Gasteiger partial charge in [-0.1, -0.05) is 30.3 Å². The van der Waals surface area contributed by atoms with Crippen molar-refractivity contribution >= 4 is 27.8 Å². The molecular weight excluding hydrogens is 410 g/mol. The summed E-state index contributed by atoms with van der Waals surface area (Å²) in [6, 6.07) is 14.6. The number of hydrogen-bond donors (Lipinski definition) is 0. The second-order valence-electron chi connectivity index (χ2n) is 8.06. The van der Waals surface area contributed by atoms with E-state index >= 15 is 0 Å². The first-order valence-electron chi connectivity index (χ1n) is 10.6. The van der Waals surface area contributed by atoms with E-state index in [-0.39, 0.29) is 23.5 Å². The predicted molar refractivity (Wildman–Crippen MR) is 117 cm³/mol. The molecule has 0 spiro atoms. The summed E-state index contributed by atoms with van der Waals surface area (Å²) in [6.45, 7) is 2.41. The number of fused-ring (bicyclic) bond motifs is 3. The van der Waals surface area contributed by atoms with Crippen LogP contribution < -0.4 is 15.9 Å². The van der Waals surface area contributed by atoms with Gasteiger partial charge in [0.1, 0.15) is 11.3 Å². The Bertz CT molecular complexity index is 1550. The largest absolute Gasteiger partial charge is 0.476 e. The number of nitrogens with zero attached hydrogens (tertiary/aromatic N) is 1. The molecule has 0 N–H and O–H groups in total. The third-order valence-corrected chi connectivity index (χ3v) is 6.34. The molecule has 2 aromatic heterocycles. The molecule has 160 valence electrons. The van der Waals surface area contributed by atoms with Gasteiger partial charge in [-0.25, -0.2) is 9.59 Å². The molecule has 0 fully saturated rings. The van der Waals surface area contributed by atoms with Crippen molar-refractivity contribution in [2.45, 2.75) is 31.9 Å². The van der Waals surface area contributed by atoms with E-state index in [1.165, 1.54) is 0 Å². The average Bonchev–Trinajstić information content (AvgIpc) is 3.40. The SMILES string of the molecule is CCOC(=O)[C@H]1Oc2c(c(=O)oc3ccccc23)[C@H]1c1cc2cccc3c2n(c1=O)CC3. The number of carbonyl (C=O) groups excluding carboxylic acids is 1. The van der Waals surface area contributed by atoms with Crippen molar-refractivity contribution in [2.24, 2.45) is 0 Å². The molecule has 0 saturated carbocycles. The molecule has 0 radical (unpaired) electrons. The van der Waals surface area contributed by atoms with Gasteiger partial charge in [-0.2, -0.15) is 0 Å². The zero-order chi connectivity index (χ0) is 22.0. The molecule has 7 heteroatoms. The van der Waals surface area contributed by atoms with Crippen LogP contribution in [0.1, 0.15) is 29.5 Å². The van der Waals surface area contributed by atoms with Gasteiger partial charge in [0.05, 0.1) is 29.0 Å². The lowest BCUT2D eigenvalue weighted by Crippen LogP contribution is -2.36. The van der Waals surface area contributed by atoms with Crippen molar-refractivity contribution in [2.75, 3.05) is 6.61 Å². The standard InChI is InChI=1S/C25H19NO6/c1-2-30-25(29)22-18(19-21(32-22)15-8-3-4-9-17(15)31-24(19)28)16-12-14-7-5-6-13-10-11-26(20(13)14)23(16)27/h3-9,12,18,22H,2,10-11H2,1H3/t18-,22+/m1/s1. The maximum absolute atomic E-state index is 13.6. The van der Waals surface area contributed by atoms with E-state index in [0.717, 1.165) is 22.9 Å². The summed E-state index contributed by atoms with van der Waals surface area (Å²) in [6.07, 6.45) is -0.386. The third-order valence-electron chi connectivity index (χ3n) is 6.34. The summed E-state index contributed by atoms with van der Waals surface area (Å²) in [5.74, 6) is -1.27. The summed E-state index contributed by atoms with van der Waals surface area (Å²) < 4.78 is 18.6. The van der Waals surface area contributed by atoms with Crippen molar-refractivity contribution in [1.29, 1.82) is 0 Å². The third kappa shape index (κ3) is 2.51. The van der Waals surface area contributed by atoms with Crippen LogP contribution in [0.4, 0.5) is 0 Å². The number of para-hydroxylation sites is 2.